The first-order valence-electron chi connectivity index (χ1n) is 6.74. The van der Waals surface area contributed by atoms with Crippen LogP contribution in [0.25, 0.3) is 0 Å². The van der Waals surface area contributed by atoms with Gasteiger partial charge in [-0.2, -0.15) is 0 Å². The van der Waals surface area contributed by atoms with Gasteiger partial charge < -0.3 is 10.1 Å². The number of thiophene rings is 1. The highest BCUT2D eigenvalue weighted by molar-refractivity contribution is 7.91. The fourth-order valence-corrected chi connectivity index (χ4v) is 4.09. The Hall–Kier alpha value is -0.960. The first-order chi connectivity index (χ1) is 9.98. The first kappa shape index (κ1) is 18.1. The average molecular weight is 334 g/mol. The van der Waals surface area contributed by atoms with E-state index in [1.54, 1.807) is 24.6 Å². The fraction of sp³-hybridized carbons (Fsp3) is 0.615. The summed E-state index contributed by atoms with van der Waals surface area (Å²) in [5.74, 6) is -0.0620. The van der Waals surface area contributed by atoms with Gasteiger partial charge in [-0.05, 0) is 24.3 Å². The number of rotatable bonds is 10. The maximum atomic E-state index is 12.1. The SMILES string of the molecule is COCCCNC(=O)CCCN(C)S(=O)(=O)c1cccs1. The van der Waals surface area contributed by atoms with Crippen LogP contribution in [0.4, 0.5) is 0 Å². The number of carbonyl (C=O) groups excluding carboxylic acids is 1. The molecule has 0 atom stereocenters. The summed E-state index contributed by atoms with van der Waals surface area (Å²) >= 11 is 1.19. The number of hydrogen-bond donors (Lipinski definition) is 1. The van der Waals surface area contributed by atoms with E-state index in [1.165, 1.54) is 22.7 Å². The highest BCUT2D eigenvalue weighted by Crippen LogP contribution is 2.19. The Labute approximate surface area is 130 Å². The molecule has 0 aliphatic heterocycles. The molecule has 1 amide bonds. The Balaban J connectivity index is 2.27. The maximum Gasteiger partial charge on any atom is 0.252 e. The van der Waals surface area contributed by atoms with E-state index in [1.807, 2.05) is 0 Å². The molecule has 21 heavy (non-hydrogen) atoms. The molecule has 0 aliphatic carbocycles. The third-order valence-electron chi connectivity index (χ3n) is 2.88. The lowest BCUT2D eigenvalue weighted by Crippen LogP contribution is -2.29. The normalized spacial score (nSPS) is 11.8. The predicted molar refractivity (Wildman–Crippen MR) is 82.9 cm³/mol. The zero-order chi connectivity index (χ0) is 15.7. The van der Waals surface area contributed by atoms with Gasteiger partial charge in [0.15, 0.2) is 0 Å². The standard InChI is InChI=1S/C13H22N2O4S2/c1-15(21(17,18)13-7-4-11-20-13)9-3-6-12(16)14-8-5-10-19-2/h4,7,11H,3,5-6,8-10H2,1-2H3,(H,14,16). The molecule has 1 aromatic rings. The van der Waals surface area contributed by atoms with Crippen molar-refractivity contribution in [2.45, 2.75) is 23.5 Å². The van der Waals surface area contributed by atoms with Crippen molar-refractivity contribution in [2.75, 3.05) is 33.9 Å². The summed E-state index contributed by atoms with van der Waals surface area (Å²) < 4.78 is 30.8. The molecule has 0 saturated carbocycles. The van der Waals surface area contributed by atoms with Crippen LogP contribution in [-0.4, -0.2) is 52.5 Å². The van der Waals surface area contributed by atoms with E-state index >= 15 is 0 Å². The van der Waals surface area contributed by atoms with E-state index in [-0.39, 0.29) is 5.91 Å². The molecule has 0 bridgehead atoms. The lowest BCUT2D eigenvalue weighted by molar-refractivity contribution is -0.121. The molecule has 120 valence electrons. The second-order valence-corrected chi connectivity index (χ2v) is 7.78. The van der Waals surface area contributed by atoms with Crippen molar-refractivity contribution in [3.05, 3.63) is 17.5 Å². The van der Waals surface area contributed by atoms with Gasteiger partial charge in [0, 0.05) is 40.3 Å². The van der Waals surface area contributed by atoms with Crippen molar-refractivity contribution in [3.63, 3.8) is 0 Å². The smallest absolute Gasteiger partial charge is 0.252 e. The van der Waals surface area contributed by atoms with Gasteiger partial charge in [-0.25, -0.2) is 12.7 Å². The molecule has 0 saturated heterocycles. The Morgan fingerprint density at radius 2 is 2.19 bits per heavy atom. The first-order valence-corrected chi connectivity index (χ1v) is 9.06. The fourth-order valence-electron chi connectivity index (χ4n) is 1.68. The second-order valence-electron chi connectivity index (χ2n) is 4.56. The molecule has 1 N–H and O–H groups in total. The Morgan fingerprint density at radius 3 is 2.81 bits per heavy atom. The number of sulfonamides is 1. The summed E-state index contributed by atoms with van der Waals surface area (Å²) in [5, 5.41) is 4.50. The van der Waals surface area contributed by atoms with Crippen LogP contribution in [0.1, 0.15) is 19.3 Å². The average Bonchev–Trinajstić information content (AvgIpc) is 2.98. The van der Waals surface area contributed by atoms with Gasteiger partial charge in [0.1, 0.15) is 4.21 Å². The molecule has 8 heteroatoms. The Kier molecular flexibility index (Phi) is 7.87. The number of ether oxygens (including phenoxy) is 1. The molecule has 0 aromatic carbocycles. The molecule has 0 unspecified atom stereocenters. The molecule has 0 radical (unpaired) electrons. The lowest BCUT2D eigenvalue weighted by atomic mass is 10.3. The predicted octanol–water partition coefficient (Wildman–Crippen LogP) is 1.30. The molecule has 1 rings (SSSR count). The van der Waals surface area contributed by atoms with Gasteiger partial charge in [-0.1, -0.05) is 6.07 Å². The van der Waals surface area contributed by atoms with E-state index < -0.39 is 10.0 Å². The van der Waals surface area contributed by atoms with Crippen LogP contribution in [0.2, 0.25) is 0 Å². The maximum absolute atomic E-state index is 12.1. The minimum absolute atomic E-state index is 0.0620. The number of carbonyl (C=O) groups is 1. The van der Waals surface area contributed by atoms with Crippen LogP contribution < -0.4 is 5.32 Å². The summed E-state index contributed by atoms with van der Waals surface area (Å²) in [5.41, 5.74) is 0. The molecular formula is C13H22N2O4S2. The van der Waals surface area contributed by atoms with Crippen LogP contribution in [0.15, 0.2) is 21.7 Å². The number of nitrogens with one attached hydrogen (secondary N) is 1. The molecule has 0 fully saturated rings. The van der Waals surface area contributed by atoms with Gasteiger partial charge in [-0.15, -0.1) is 11.3 Å². The molecule has 0 spiro atoms. The van der Waals surface area contributed by atoms with Crippen molar-refractivity contribution in [1.29, 1.82) is 0 Å². The van der Waals surface area contributed by atoms with Crippen molar-refractivity contribution in [2.24, 2.45) is 0 Å². The number of amides is 1. The summed E-state index contributed by atoms with van der Waals surface area (Å²) in [6.07, 6.45) is 1.59. The highest BCUT2D eigenvalue weighted by atomic mass is 32.2. The summed E-state index contributed by atoms with van der Waals surface area (Å²) in [7, 11) is -0.264. The van der Waals surface area contributed by atoms with E-state index in [2.05, 4.69) is 5.32 Å². The summed E-state index contributed by atoms with van der Waals surface area (Å²) in [6.45, 7) is 1.52. The molecule has 1 aromatic heterocycles. The summed E-state index contributed by atoms with van der Waals surface area (Å²) in [4.78, 5) is 11.5. The zero-order valence-corrected chi connectivity index (χ0v) is 14.0. The van der Waals surface area contributed by atoms with Gasteiger partial charge in [0.25, 0.3) is 10.0 Å². The van der Waals surface area contributed by atoms with Crippen molar-refractivity contribution < 1.29 is 17.9 Å². The number of hydrogen-bond acceptors (Lipinski definition) is 5. The third-order valence-corrected chi connectivity index (χ3v) is 6.11. The quantitative estimate of drug-likeness (QED) is 0.655. The van der Waals surface area contributed by atoms with Crippen molar-refractivity contribution in [3.8, 4) is 0 Å². The van der Waals surface area contributed by atoms with Crippen molar-refractivity contribution >= 4 is 27.3 Å². The van der Waals surface area contributed by atoms with Gasteiger partial charge in [0.2, 0.25) is 5.91 Å². The molecule has 0 aliphatic rings. The zero-order valence-electron chi connectivity index (χ0n) is 12.4. The van der Waals surface area contributed by atoms with Crippen LogP contribution in [0.3, 0.4) is 0 Å². The van der Waals surface area contributed by atoms with Gasteiger partial charge in [0.05, 0.1) is 0 Å². The van der Waals surface area contributed by atoms with Gasteiger partial charge >= 0.3 is 0 Å². The highest BCUT2D eigenvalue weighted by Gasteiger charge is 2.21. The van der Waals surface area contributed by atoms with E-state index in [9.17, 15) is 13.2 Å². The van der Waals surface area contributed by atoms with E-state index in [0.717, 1.165) is 6.42 Å². The second kappa shape index (κ2) is 9.14. The van der Waals surface area contributed by atoms with Crippen LogP contribution in [-0.2, 0) is 19.6 Å². The topological polar surface area (TPSA) is 75.7 Å². The van der Waals surface area contributed by atoms with E-state index in [0.29, 0.717) is 36.7 Å². The van der Waals surface area contributed by atoms with Crippen LogP contribution >= 0.6 is 11.3 Å². The van der Waals surface area contributed by atoms with Crippen molar-refractivity contribution in [1.82, 2.24) is 9.62 Å². The van der Waals surface area contributed by atoms with Crippen LogP contribution in [0, 0.1) is 0 Å². The Morgan fingerprint density at radius 1 is 1.43 bits per heavy atom. The van der Waals surface area contributed by atoms with Crippen LogP contribution in [0.5, 0.6) is 0 Å². The minimum atomic E-state index is -3.41. The van der Waals surface area contributed by atoms with Gasteiger partial charge in [-0.3, -0.25) is 4.79 Å². The monoisotopic (exact) mass is 334 g/mol. The van der Waals surface area contributed by atoms with E-state index in [4.69, 9.17) is 4.74 Å². The number of nitrogens with zero attached hydrogens (tertiary/aromatic N) is 1. The molecule has 1 heterocycles. The summed E-state index contributed by atoms with van der Waals surface area (Å²) in [6, 6.07) is 3.29. The third kappa shape index (κ3) is 6.13. The molecule has 6 nitrogen and oxygen atoms in total. The Bertz CT molecular complexity index is 514. The lowest BCUT2D eigenvalue weighted by Gasteiger charge is -2.15. The minimum Gasteiger partial charge on any atom is -0.385 e. The molecular weight excluding hydrogens is 312 g/mol. The number of methoxy groups -OCH3 is 1. The largest absolute Gasteiger partial charge is 0.385 e.